The summed E-state index contributed by atoms with van der Waals surface area (Å²) in [5, 5.41) is 19.8. The van der Waals surface area contributed by atoms with E-state index in [2.05, 4.69) is 18.7 Å². The normalized spacial score (nSPS) is 37.3. The Balaban J connectivity index is 1.01. The highest BCUT2D eigenvalue weighted by molar-refractivity contribution is 7.92. The maximum absolute atomic E-state index is 13.2. The fourth-order valence-corrected chi connectivity index (χ4v) is 10.5. The van der Waals surface area contributed by atoms with Crippen molar-refractivity contribution in [2.75, 3.05) is 25.4 Å². The highest BCUT2D eigenvalue weighted by Crippen LogP contribution is 2.60. The second-order valence-corrected chi connectivity index (χ2v) is 16.8. The number of hydrogen-bond acceptors (Lipinski definition) is 12. The van der Waals surface area contributed by atoms with Gasteiger partial charge in [-0.3, -0.25) is 15.0 Å². The van der Waals surface area contributed by atoms with Crippen LogP contribution in [0.3, 0.4) is 0 Å². The van der Waals surface area contributed by atoms with E-state index in [1.165, 1.54) is 0 Å². The zero-order chi connectivity index (χ0) is 34.4. The summed E-state index contributed by atoms with van der Waals surface area (Å²) in [4.78, 5) is 48.6. The Morgan fingerprint density at radius 3 is 2.60 bits per heavy atom. The van der Waals surface area contributed by atoms with Crippen molar-refractivity contribution in [2.24, 2.45) is 23.7 Å². The Labute approximate surface area is 280 Å². The second kappa shape index (κ2) is 13.6. The summed E-state index contributed by atoms with van der Waals surface area (Å²) in [6, 6.07) is 2.98. The molecule has 0 radical (unpaired) electrons. The van der Waals surface area contributed by atoms with Gasteiger partial charge in [-0.2, -0.15) is 0 Å². The smallest absolute Gasteiger partial charge is 0.339 e. The standard InChI is InChI=1S/C33H46N2O12S/c1-20-9-12-27-21(2)28(44-31-33(27)26(20)13-14-32(3,45-31)46-47-33)34-15-17-48(41,42)23(19-34)8-6-4-5-7-16-43-30(38)24-11-10-22(35(39)40)18-25(24)29(36)37/h10-11,18,20-21,23,26-28,31H,4-9,12-17,19H2,1-3H3,(H,36,37)/t20-,21-,23-,26+,27+,28-,31-,32-,33-/m1/s1. The number of carboxylic acid groups (broad SMARTS) is 1. The molecule has 5 saturated heterocycles. The third kappa shape index (κ3) is 6.49. The lowest BCUT2D eigenvalue weighted by atomic mass is 9.58. The molecule has 1 aliphatic carbocycles. The number of nitrogens with zero attached hydrogens (tertiary/aromatic N) is 2. The predicted molar refractivity (Wildman–Crippen MR) is 169 cm³/mol. The van der Waals surface area contributed by atoms with Crippen LogP contribution in [0.2, 0.25) is 0 Å². The first-order chi connectivity index (χ1) is 22.8. The lowest BCUT2D eigenvalue weighted by Gasteiger charge is -2.61. The number of aromatic carboxylic acids is 1. The molecule has 9 atom stereocenters. The van der Waals surface area contributed by atoms with E-state index in [-0.39, 0.29) is 41.9 Å². The summed E-state index contributed by atoms with van der Waals surface area (Å²) in [5.41, 5.74) is -1.84. The number of carbonyl (C=O) groups excluding carboxylic acids is 1. The average Bonchev–Trinajstić information content (AvgIpc) is 3.28. The van der Waals surface area contributed by atoms with E-state index in [0.29, 0.717) is 44.7 Å². The molecule has 0 amide bonds. The number of nitro groups is 1. The minimum Gasteiger partial charge on any atom is -0.478 e. The number of nitro benzene ring substituents is 1. The van der Waals surface area contributed by atoms with Crippen molar-refractivity contribution >= 4 is 27.5 Å². The van der Waals surface area contributed by atoms with Gasteiger partial charge >= 0.3 is 11.9 Å². The van der Waals surface area contributed by atoms with Crippen LogP contribution in [-0.4, -0.2) is 89.9 Å². The van der Waals surface area contributed by atoms with Crippen LogP contribution in [0.5, 0.6) is 0 Å². The Morgan fingerprint density at radius 2 is 1.85 bits per heavy atom. The number of carbonyl (C=O) groups is 2. The number of rotatable bonds is 11. The molecule has 48 heavy (non-hydrogen) atoms. The minimum absolute atomic E-state index is 0.0423. The quantitative estimate of drug-likeness (QED) is 0.111. The first kappa shape index (κ1) is 35.1. The maximum Gasteiger partial charge on any atom is 0.339 e. The van der Waals surface area contributed by atoms with Crippen molar-refractivity contribution in [2.45, 2.75) is 108 Å². The molecule has 5 aliphatic heterocycles. The number of sulfone groups is 1. The average molecular weight is 695 g/mol. The molecule has 1 saturated carbocycles. The fourth-order valence-electron chi connectivity index (χ4n) is 8.75. The number of carboxylic acids is 1. The zero-order valence-electron chi connectivity index (χ0n) is 27.7. The molecule has 14 nitrogen and oxygen atoms in total. The third-order valence-electron chi connectivity index (χ3n) is 11.4. The number of ether oxygens (including phenoxy) is 3. The molecule has 0 aromatic heterocycles. The molecule has 2 bridgehead atoms. The molecule has 1 spiro atoms. The Kier molecular flexibility index (Phi) is 9.92. The molecular formula is C33H46N2O12S. The van der Waals surface area contributed by atoms with Gasteiger partial charge in [0, 0.05) is 43.5 Å². The minimum atomic E-state index is -3.28. The number of esters is 1. The second-order valence-electron chi connectivity index (χ2n) is 14.4. The molecule has 6 aliphatic rings. The van der Waals surface area contributed by atoms with Crippen molar-refractivity contribution in [3.05, 3.63) is 39.4 Å². The van der Waals surface area contributed by atoms with Gasteiger partial charge in [-0.15, -0.1) is 0 Å². The molecule has 7 rings (SSSR count). The number of fused-ring (bicyclic) bond motifs is 2. The van der Waals surface area contributed by atoms with Crippen LogP contribution in [0.4, 0.5) is 5.69 Å². The van der Waals surface area contributed by atoms with Crippen molar-refractivity contribution in [1.29, 1.82) is 0 Å². The molecule has 1 N–H and O–H groups in total. The molecule has 0 unspecified atom stereocenters. The van der Waals surface area contributed by atoms with Crippen LogP contribution < -0.4 is 0 Å². The molecule has 6 fully saturated rings. The molecule has 15 heteroatoms. The molecule has 1 aromatic carbocycles. The van der Waals surface area contributed by atoms with Crippen molar-refractivity contribution in [3.8, 4) is 0 Å². The number of non-ortho nitro benzene ring substituents is 1. The largest absolute Gasteiger partial charge is 0.478 e. The summed E-state index contributed by atoms with van der Waals surface area (Å²) >= 11 is 0. The third-order valence-corrected chi connectivity index (χ3v) is 13.6. The predicted octanol–water partition coefficient (Wildman–Crippen LogP) is 4.71. The van der Waals surface area contributed by atoms with Gasteiger partial charge in [0.1, 0.15) is 6.23 Å². The van der Waals surface area contributed by atoms with Gasteiger partial charge in [0.05, 0.1) is 33.7 Å². The summed E-state index contributed by atoms with van der Waals surface area (Å²) in [6.45, 7) is 7.19. The van der Waals surface area contributed by atoms with E-state index in [4.69, 9.17) is 24.0 Å². The van der Waals surface area contributed by atoms with Gasteiger partial charge in [0.2, 0.25) is 5.79 Å². The lowest BCUT2D eigenvalue weighted by molar-refractivity contribution is -0.574. The van der Waals surface area contributed by atoms with E-state index in [1.807, 2.05) is 6.92 Å². The molecule has 5 heterocycles. The highest BCUT2D eigenvalue weighted by Gasteiger charge is 2.69. The Bertz CT molecular complexity index is 1520. The van der Waals surface area contributed by atoms with E-state index >= 15 is 0 Å². The van der Waals surface area contributed by atoms with Crippen molar-refractivity contribution in [1.82, 2.24) is 4.90 Å². The summed E-state index contributed by atoms with van der Waals surface area (Å²) in [5.74, 6) is -2.17. The maximum atomic E-state index is 13.2. The van der Waals surface area contributed by atoms with Crippen LogP contribution in [0, 0.1) is 33.8 Å². The summed E-state index contributed by atoms with van der Waals surface area (Å²) < 4.78 is 44.8. The van der Waals surface area contributed by atoms with Crippen LogP contribution in [0.25, 0.3) is 0 Å². The fraction of sp³-hybridized carbons (Fsp3) is 0.758. The monoisotopic (exact) mass is 694 g/mol. The summed E-state index contributed by atoms with van der Waals surface area (Å²) in [7, 11) is -3.28. The first-order valence-corrected chi connectivity index (χ1v) is 18.8. The van der Waals surface area contributed by atoms with Gasteiger partial charge in [-0.1, -0.05) is 33.1 Å². The van der Waals surface area contributed by atoms with E-state index in [1.54, 1.807) is 0 Å². The molecule has 1 aromatic rings. The summed E-state index contributed by atoms with van der Waals surface area (Å²) in [6.07, 6.45) is 5.97. The van der Waals surface area contributed by atoms with E-state index < -0.39 is 60.9 Å². The Hall–Kier alpha value is -2.69. The number of hydrogen-bond donors (Lipinski definition) is 1. The zero-order valence-corrected chi connectivity index (χ0v) is 28.5. The SMILES string of the molecule is C[C@H]1[C@H](N2CCS(=O)(=O)[C@H](CCCCCCOC(=O)c3ccc([N+](=O)[O-])cc3C(=O)O)C2)O[C@@H]2O[C@@]3(C)CC[C@H]4[C@H](C)CC[C@@H]1[C@@]24OO3. The lowest BCUT2D eigenvalue weighted by Crippen LogP contribution is -2.72. The van der Waals surface area contributed by atoms with Gasteiger partial charge < -0.3 is 19.3 Å². The van der Waals surface area contributed by atoms with E-state index in [0.717, 1.165) is 50.3 Å². The van der Waals surface area contributed by atoms with Crippen molar-refractivity contribution < 1.29 is 52.0 Å². The topological polar surface area (TPSA) is 181 Å². The molecular weight excluding hydrogens is 648 g/mol. The van der Waals surface area contributed by atoms with Crippen LogP contribution in [0.15, 0.2) is 18.2 Å². The van der Waals surface area contributed by atoms with Gasteiger partial charge in [0.25, 0.3) is 5.69 Å². The number of unbranched alkanes of at least 4 members (excludes halogenated alkanes) is 3. The van der Waals surface area contributed by atoms with Gasteiger partial charge in [-0.25, -0.2) is 27.8 Å². The number of benzene rings is 1. The van der Waals surface area contributed by atoms with Gasteiger partial charge in [-0.05, 0) is 56.9 Å². The van der Waals surface area contributed by atoms with Crippen LogP contribution in [-0.2, 0) is 33.8 Å². The highest BCUT2D eigenvalue weighted by atomic mass is 32.2. The van der Waals surface area contributed by atoms with Gasteiger partial charge in [0.15, 0.2) is 21.7 Å². The Morgan fingerprint density at radius 1 is 1.08 bits per heavy atom. The molecule has 266 valence electrons. The first-order valence-electron chi connectivity index (χ1n) is 17.1. The van der Waals surface area contributed by atoms with Crippen LogP contribution in [0.1, 0.15) is 99.3 Å². The van der Waals surface area contributed by atoms with Crippen molar-refractivity contribution in [3.63, 3.8) is 0 Å². The van der Waals surface area contributed by atoms with E-state index in [9.17, 15) is 33.2 Å². The van der Waals surface area contributed by atoms with Crippen LogP contribution >= 0.6 is 0 Å².